The molecule has 0 bridgehead atoms. The highest BCUT2D eigenvalue weighted by molar-refractivity contribution is 6.03. The van der Waals surface area contributed by atoms with Crippen LogP contribution in [0, 0.1) is 17.8 Å². The molecule has 2 unspecified atom stereocenters. The Hall–Kier alpha value is -1.69. The zero-order valence-corrected chi connectivity index (χ0v) is 20.2. The highest BCUT2D eigenvalue weighted by Crippen LogP contribution is 2.41. The number of imide groups is 1. The summed E-state index contributed by atoms with van der Waals surface area (Å²) in [5.41, 5.74) is 1.38. The molecule has 3 fully saturated rings. The Balaban J connectivity index is 0.000000370. The van der Waals surface area contributed by atoms with Gasteiger partial charge in [-0.05, 0) is 66.8 Å². The standard InChI is InChI=1S/C17H30N2O.C7H11NO2.CH4/c1-12-8-13(2)19(15(12)20)11-14-9-16(3,4)18(7)17(5,6)10-14;1-3-8-6(9)4-5(2)7(8)10;/h12,14H,2,8-11H2,1,3-7H3;5H,3-4H2,1-2H3;1H4. The Kier molecular flexibility index (Phi) is 8.68. The van der Waals surface area contributed by atoms with E-state index in [0.717, 1.165) is 31.5 Å². The minimum Gasteiger partial charge on any atom is -0.316 e. The van der Waals surface area contributed by atoms with Crippen molar-refractivity contribution in [3.63, 3.8) is 0 Å². The third-order valence-corrected chi connectivity index (χ3v) is 7.23. The summed E-state index contributed by atoms with van der Waals surface area (Å²) in [6.07, 6.45) is 3.50. The van der Waals surface area contributed by atoms with Crippen LogP contribution < -0.4 is 0 Å². The van der Waals surface area contributed by atoms with Crippen molar-refractivity contribution in [1.29, 1.82) is 0 Å². The molecular weight excluding hydrogens is 390 g/mol. The zero-order valence-electron chi connectivity index (χ0n) is 20.2. The summed E-state index contributed by atoms with van der Waals surface area (Å²) < 4.78 is 0. The summed E-state index contributed by atoms with van der Waals surface area (Å²) in [7, 11) is 2.22. The number of carbonyl (C=O) groups is 3. The molecule has 31 heavy (non-hydrogen) atoms. The van der Waals surface area contributed by atoms with Gasteiger partial charge in [0.15, 0.2) is 0 Å². The van der Waals surface area contributed by atoms with Crippen molar-refractivity contribution in [2.45, 2.75) is 92.7 Å². The first kappa shape index (κ1) is 27.3. The van der Waals surface area contributed by atoms with Crippen LogP contribution in [-0.4, -0.2) is 63.6 Å². The molecule has 0 aromatic carbocycles. The first-order valence-corrected chi connectivity index (χ1v) is 11.3. The van der Waals surface area contributed by atoms with Crippen molar-refractivity contribution in [1.82, 2.24) is 14.7 Å². The van der Waals surface area contributed by atoms with Gasteiger partial charge in [0, 0.05) is 48.1 Å². The number of piperidine rings is 1. The van der Waals surface area contributed by atoms with E-state index in [4.69, 9.17) is 0 Å². The molecule has 3 aliphatic rings. The number of allylic oxidation sites excluding steroid dienone is 1. The van der Waals surface area contributed by atoms with E-state index in [-0.39, 0.29) is 48.1 Å². The lowest BCUT2D eigenvalue weighted by molar-refractivity contribution is -0.139. The third kappa shape index (κ3) is 5.76. The number of carbonyl (C=O) groups excluding carboxylic acids is 3. The second kappa shape index (κ2) is 9.85. The van der Waals surface area contributed by atoms with Gasteiger partial charge in [-0.2, -0.15) is 0 Å². The van der Waals surface area contributed by atoms with Crippen molar-refractivity contribution in [2.75, 3.05) is 20.1 Å². The van der Waals surface area contributed by atoms with Crippen molar-refractivity contribution < 1.29 is 14.4 Å². The summed E-state index contributed by atoms with van der Waals surface area (Å²) >= 11 is 0. The Morgan fingerprint density at radius 3 is 1.68 bits per heavy atom. The minimum absolute atomic E-state index is 0. The van der Waals surface area contributed by atoms with E-state index in [1.807, 2.05) is 18.7 Å². The number of nitrogens with zero attached hydrogens (tertiary/aromatic N) is 3. The highest BCUT2D eigenvalue weighted by Gasteiger charge is 2.44. The summed E-state index contributed by atoms with van der Waals surface area (Å²) in [6, 6.07) is 0. The molecule has 0 aromatic rings. The van der Waals surface area contributed by atoms with E-state index >= 15 is 0 Å². The fourth-order valence-corrected chi connectivity index (χ4v) is 5.34. The lowest BCUT2D eigenvalue weighted by Gasteiger charge is -2.54. The van der Waals surface area contributed by atoms with Gasteiger partial charge in [0.25, 0.3) is 0 Å². The molecule has 0 aliphatic carbocycles. The molecule has 0 spiro atoms. The topological polar surface area (TPSA) is 60.9 Å². The Morgan fingerprint density at radius 2 is 1.35 bits per heavy atom. The number of hydrogen-bond donors (Lipinski definition) is 0. The van der Waals surface area contributed by atoms with Crippen LogP contribution in [0.4, 0.5) is 0 Å². The van der Waals surface area contributed by atoms with Crippen LogP contribution in [0.1, 0.15) is 81.6 Å². The largest absolute Gasteiger partial charge is 0.316 e. The second-order valence-electron chi connectivity index (χ2n) is 10.7. The predicted octanol–water partition coefficient (Wildman–Crippen LogP) is 4.30. The van der Waals surface area contributed by atoms with Crippen molar-refractivity contribution >= 4 is 17.7 Å². The van der Waals surface area contributed by atoms with E-state index in [9.17, 15) is 14.4 Å². The van der Waals surface area contributed by atoms with Crippen molar-refractivity contribution in [2.24, 2.45) is 17.8 Å². The van der Waals surface area contributed by atoms with Gasteiger partial charge >= 0.3 is 0 Å². The molecule has 178 valence electrons. The van der Waals surface area contributed by atoms with Crippen LogP contribution in [0.15, 0.2) is 12.3 Å². The zero-order chi connectivity index (χ0) is 23.0. The van der Waals surface area contributed by atoms with Gasteiger partial charge in [0.2, 0.25) is 17.7 Å². The molecule has 0 radical (unpaired) electrons. The maximum Gasteiger partial charge on any atom is 0.232 e. The van der Waals surface area contributed by atoms with E-state index < -0.39 is 0 Å². The maximum absolute atomic E-state index is 12.2. The molecule has 0 saturated carbocycles. The maximum atomic E-state index is 12.2. The molecule has 2 atom stereocenters. The minimum atomic E-state index is -0.0903. The third-order valence-electron chi connectivity index (χ3n) is 7.23. The first-order chi connectivity index (χ1) is 13.7. The quantitative estimate of drug-likeness (QED) is 0.620. The average molecular weight is 436 g/mol. The second-order valence-corrected chi connectivity index (χ2v) is 10.7. The number of rotatable bonds is 3. The molecule has 6 heteroatoms. The first-order valence-electron chi connectivity index (χ1n) is 11.3. The normalized spacial score (nSPS) is 28.5. The monoisotopic (exact) mass is 435 g/mol. The van der Waals surface area contributed by atoms with E-state index in [1.165, 1.54) is 4.90 Å². The number of hydrogen-bond acceptors (Lipinski definition) is 4. The van der Waals surface area contributed by atoms with Crippen LogP contribution in [0.5, 0.6) is 0 Å². The average Bonchev–Trinajstić information content (AvgIpc) is 3.01. The molecule has 3 rings (SSSR count). The molecule has 3 amide bonds. The van der Waals surface area contributed by atoms with E-state index in [2.05, 4.69) is 46.2 Å². The molecule has 3 heterocycles. The van der Waals surface area contributed by atoms with Gasteiger partial charge in [-0.25, -0.2) is 0 Å². The van der Waals surface area contributed by atoms with Gasteiger partial charge in [0.05, 0.1) is 0 Å². The van der Waals surface area contributed by atoms with Crippen LogP contribution in [-0.2, 0) is 14.4 Å². The van der Waals surface area contributed by atoms with Crippen molar-refractivity contribution in [3.8, 4) is 0 Å². The number of amides is 3. The lowest BCUT2D eigenvalue weighted by atomic mass is 9.74. The van der Waals surface area contributed by atoms with Gasteiger partial charge < -0.3 is 4.90 Å². The summed E-state index contributed by atoms with van der Waals surface area (Å²) in [5.74, 6) is 0.807. The number of likely N-dealkylation sites (tertiary alicyclic amines) is 3. The van der Waals surface area contributed by atoms with Gasteiger partial charge in [-0.1, -0.05) is 27.9 Å². The highest BCUT2D eigenvalue weighted by atomic mass is 16.2. The molecule has 0 N–H and O–H groups in total. The van der Waals surface area contributed by atoms with Crippen LogP contribution in [0.25, 0.3) is 0 Å². The molecule has 3 aliphatic heterocycles. The van der Waals surface area contributed by atoms with Gasteiger partial charge in [0.1, 0.15) is 0 Å². The molecule has 6 nitrogen and oxygen atoms in total. The molecular formula is C25H45N3O3. The Morgan fingerprint density at radius 1 is 0.903 bits per heavy atom. The molecule has 3 saturated heterocycles. The predicted molar refractivity (Wildman–Crippen MR) is 126 cm³/mol. The van der Waals surface area contributed by atoms with Gasteiger partial charge in [-0.3, -0.25) is 24.2 Å². The Bertz CT molecular complexity index is 695. The lowest BCUT2D eigenvalue weighted by Crippen LogP contribution is -2.59. The SMILES string of the molecule is C.C=C1CC(C)C(=O)N1CC1CC(C)(C)N(C)C(C)(C)C1.CCN1C(=O)CC(C)C1=O. The van der Waals surface area contributed by atoms with Crippen molar-refractivity contribution in [3.05, 3.63) is 12.3 Å². The van der Waals surface area contributed by atoms with E-state index in [1.54, 1.807) is 6.92 Å². The fourth-order valence-electron chi connectivity index (χ4n) is 5.34. The summed E-state index contributed by atoms with van der Waals surface area (Å²) in [4.78, 5) is 40.0. The molecule has 0 aromatic heterocycles. The summed E-state index contributed by atoms with van der Waals surface area (Å²) in [5, 5.41) is 0. The van der Waals surface area contributed by atoms with Crippen LogP contribution in [0.3, 0.4) is 0 Å². The van der Waals surface area contributed by atoms with E-state index in [0.29, 0.717) is 18.9 Å². The van der Waals surface area contributed by atoms with Crippen LogP contribution in [0.2, 0.25) is 0 Å². The van der Waals surface area contributed by atoms with Gasteiger partial charge in [-0.15, -0.1) is 0 Å². The smallest absolute Gasteiger partial charge is 0.232 e. The fraction of sp³-hybridized carbons (Fsp3) is 0.800. The van der Waals surface area contributed by atoms with Crippen LogP contribution >= 0.6 is 0 Å². The Labute approximate surface area is 190 Å². The summed E-state index contributed by atoms with van der Waals surface area (Å²) in [6.45, 7) is 20.3.